The number of amides is 5. The van der Waals surface area contributed by atoms with Crippen LogP contribution in [-0.4, -0.2) is 59.2 Å². The first-order chi connectivity index (χ1) is 14.0. The van der Waals surface area contributed by atoms with Gasteiger partial charge in [0.25, 0.3) is 0 Å². The summed E-state index contributed by atoms with van der Waals surface area (Å²) in [5.74, 6) is -2.24. The van der Waals surface area contributed by atoms with Crippen LogP contribution in [0.2, 0.25) is 0 Å². The van der Waals surface area contributed by atoms with Gasteiger partial charge >= 0.3 is 17.8 Å². The number of imide groups is 2. The molecule has 1 N–H and O–H groups in total. The smallest absolute Gasteiger partial charge is 0.334 e. The van der Waals surface area contributed by atoms with Gasteiger partial charge in [-0.2, -0.15) is 0 Å². The summed E-state index contributed by atoms with van der Waals surface area (Å²) in [5.41, 5.74) is 1.71. The molecule has 8 nitrogen and oxygen atoms in total. The molecule has 0 unspecified atom stereocenters. The Hall–Kier alpha value is -2.90. The lowest BCUT2D eigenvalue weighted by atomic mass is 10.1. The van der Waals surface area contributed by atoms with Gasteiger partial charge in [0.2, 0.25) is 5.91 Å². The molecule has 1 aromatic rings. The van der Waals surface area contributed by atoms with Crippen molar-refractivity contribution >= 4 is 35.1 Å². The minimum atomic E-state index is -0.919. The molecule has 8 heteroatoms. The lowest BCUT2D eigenvalue weighted by molar-refractivity contribution is -0.144. The third-order valence-electron chi connectivity index (χ3n) is 5.95. The lowest BCUT2D eigenvalue weighted by Gasteiger charge is -2.28. The summed E-state index contributed by atoms with van der Waals surface area (Å²) in [7, 11) is 0. The van der Waals surface area contributed by atoms with E-state index in [1.165, 1.54) is 19.3 Å². The van der Waals surface area contributed by atoms with Gasteiger partial charge in [0.15, 0.2) is 0 Å². The van der Waals surface area contributed by atoms with Crippen LogP contribution in [0.15, 0.2) is 24.3 Å². The first kappa shape index (κ1) is 19.4. The molecule has 0 spiro atoms. The maximum absolute atomic E-state index is 12.5. The van der Waals surface area contributed by atoms with E-state index in [9.17, 15) is 19.2 Å². The number of carbonyl (C=O) groups excluding carboxylic acids is 4. The van der Waals surface area contributed by atoms with E-state index in [0.29, 0.717) is 18.5 Å². The molecular weight excluding hydrogens is 372 g/mol. The van der Waals surface area contributed by atoms with Crippen LogP contribution in [-0.2, 0) is 14.4 Å². The largest absolute Gasteiger partial charge is 0.372 e. The van der Waals surface area contributed by atoms with Gasteiger partial charge in [0.05, 0.1) is 0 Å². The first-order valence-corrected chi connectivity index (χ1v) is 10.4. The van der Waals surface area contributed by atoms with E-state index in [0.717, 1.165) is 41.4 Å². The maximum Gasteiger partial charge on any atom is 0.334 e. The number of nitrogens with one attached hydrogen (secondary N) is 1. The number of urea groups is 1. The van der Waals surface area contributed by atoms with E-state index < -0.39 is 30.3 Å². The number of anilines is 2. The second-order valence-corrected chi connectivity index (χ2v) is 7.93. The maximum atomic E-state index is 12.5. The zero-order chi connectivity index (χ0) is 20.4. The van der Waals surface area contributed by atoms with Gasteiger partial charge in [-0.25, -0.2) is 9.69 Å². The molecule has 1 aromatic carbocycles. The summed E-state index contributed by atoms with van der Waals surface area (Å²) >= 11 is 0. The molecule has 2 heterocycles. The molecule has 0 atom stereocenters. The highest BCUT2D eigenvalue weighted by Crippen LogP contribution is 2.28. The SMILES string of the molecule is O=C(CN1C(=O)C(=O)N(C2CCCC2)C1=O)Nc1ccc(N2CCCCC2)cc1. The zero-order valence-electron chi connectivity index (χ0n) is 16.4. The Morgan fingerprint density at radius 3 is 2.21 bits per heavy atom. The van der Waals surface area contributed by atoms with Gasteiger partial charge in [0.1, 0.15) is 6.54 Å². The number of rotatable bonds is 5. The molecule has 3 fully saturated rings. The van der Waals surface area contributed by atoms with Crippen molar-refractivity contribution in [1.29, 1.82) is 0 Å². The van der Waals surface area contributed by atoms with Crippen molar-refractivity contribution in [3.63, 3.8) is 0 Å². The Morgan fingerprint density at radius 1 is 0.897 bits per heavy atom. The number of hydrogen-bond donors (Lipinski definition) is 1. The number of benzene rings is 1. The Balaban J connectivity index is 1.36. The number of nitrogens with zero attached hydrogens (tertiary/aromatic N) is 3. The normalized spacial score (nSPS) is 20.7. The molecule has 0 radical (unpaired) electrons. The molecule has 2 aliphatic heterocycles. The highest BCUT2D eigenvalue weighted by atomic mass is 16.2. The molecule has 3 aliphatic rings. The number of piperidine rings is 1. The Kier molecular flexibility index (Phi) is 5.51. The van der Waals surface area contributed by atoms with E-state index in [2.05, 4.69) is 10.2 Å². The standard InChI is InChI=1S/C21H26N4O4/c26-18(22-15-8-10-16(11-9-15)23-12-4-1-5-13-23)14-24-19(27)20(28)25(21(24)29)17-6-2-3-7-17/h8-11,17H,1-7,12-14H2,(H,22,26). The van der Waals surface area contributed by atoms with Crippen molar-refractivity contribution in [2.75, 3.05) is 29.9 Å². The summed E-state index contributed by atoms with van der Waals surface area (Å²) in [6.45, 7) is 1.62. The highest BCUT2D eigenvalue weighted by Gasteiger charge is 2.48. The summed E-state index contributed by atoms with van der Waals surface area (Å²) in [4.78, 5) is 53.5. The van der Waals surface area contributed by atoms with Crippen LogP contribution in [0.1, 0.15) is 44.9 Å². The van der Waals surface area contributed by atoms with E-state index in [1.54, 1.807) is 0 Å². The quantitative estimate of drug-likeness (QED) is 0.607. The van der Waals surface area contributed by atoms with Crippen molar-refractivity contribution < 1.29 is 19.2 Å². The molecular formula is C21H26N4O4. The number of carbonyl (C=O) groups is 4. The first-order valence-electron chi connectivity index (χ1n) is 10.4. The van der Waals surface area contributed by atoms with Crippen LogP contribution in [0.5, 0.6) is 0 Å². The summed E-state index contributed by atoms with van der Waals surface area (Å²) in [6, 6.07) is 6.63. The van der Waals surface area contributed by atoms with Gasteiger partial charge in [-0.3, -0.25) is 19.3 Å². The molecule has 4 rings (SSSR count). The molecule has 1 saturated carbocycles. The van der Waals surface area contributed by atoms with Gasteiger partial charge in [-0.15, -0.1) is 0 Å². The fourth-order valence-corrected chi connectivity index (χ4v) is 4.40. The minimum absolute atomic E-state index is 0.227. The van der Waals surface area contributed by atoms with E-state index in [-0.39, 0.29) is 6.04 Å². The van der Waals surface area contributed by atoms with E-state index >= 15 is 0 Å². The van der Waals surface area contributed by atoms with Crippen LogP contribution >= 0.6 is 0 Å². The van der Waals surface area contributed by atoms with Crippen molar-refractivity contribution in [2.24, 2.45) is 0 Å². The zero-order valence-corrected chi connectivity index (χ0v) is 16.4. The molecule has 1 aliphatic carbocycles. The molecule has 2 saturated heterocycles. The van der Waals surface area contributed by atoms with Crippen molar-refractivity contribution in [3.05, 3.63) is 24.3 Å². The molecule has 5 amide bonds. The van der Waals surface area contributed by atoms with Gasteiger partial charge < -0.3 is 10.2 Å². The minimum Gasteiger partial charge on any atom is -0.372 e. The highest BCUT2D eigenvalue weighted by molar-refractivity contribution is 6.45. The Morgan fingerprint density at radius 2 is 1.55 bits per heavy atom. The Labute approximate surface area is 169 Å². The van der Waals surface area contributed by atoms with Crippen LogP contribution in [0.4, 0.5) is 16.2 Å². The molecule has 29 heavy (non-hydrogen) atoms. The molecule has 0 bridgehead atoms. The Bertz CT molecular complexity index is 810. The average Bonchev–Trinajstić information content (AvgIpc) is 3.33. The van der Waals surface area contributed by atoms with Crippen LogP contribution in [0.25, 0.3) is 0 Å². The third-order valence-corrected chi connectivity index (χ3v) is 5.95. The second-order valence-electron chi connectivity index (χ2n) is 7.93. The number of hydrogen-bond acceptors (Lipinski definition) is 5. The van der Waals surface area contributed by atoms with Crippen molar-refractivity contribution in [1.82, 2.24) is 9.80 Å². The fraction of sp³-hybridized carbons (Fsp3) is 0.524. The third kappa shape index (κ3) is 3.97. The van der Waals surface area contributed by atoms with Crippen LogP contribution in [0.3, 0.4) is 0 Å². The van der Waals surface area contributed by atoms with E-state index in [4.69, 9.17) is 0 Å². The summed E-state index contributed by atoms with van der Waals surface area (Å²) in [6.07, 6.45) is 6.94. The summed E-state index contributed by atoms with van der Waals surface area (Å²) in [5, 5.41) is 2.71. The van der Waals surface area contributed by atoms with Gasteiger partial charge in [-0.1, -0.05) is 12.8 Å². The van der Waals surface area contributed by atoms with Crippen LogP contribution in [0, 0.1) is 0 Å². The fourth-order valence-electron chi connectivity index (χ4n) is 4.40. The van der Waals surface area contributed by atoms with Gasteiger partial charge in [-0.05, 0) is 56.4 Å². The lowest BCUT2D eigenvalue weighted by Crippen LogP contribution is -2.41. The van der Waals surface area contributed by atoms with Crippen molar-refractivity contribution in [2.45, 2.75) is 51.0 Å². The van der Waals surface area contributed by atoms with Crippen LogP contribution < -0.4 is 10.2 Å². The second kappa shape index (κ2) is 8.23. The molecule has 0 aromatic heterocycles. The average molecular weight is 398 g/mol. The summed E-state index contributed by atoms with van der Waals surface area (Å²) < 4.78 is 0. The predicted molar refractivity (Wildman–Crippen MR) is 107 cm³/mol. The van der Waals surface area contributed by atoms with E-state index in [1.807, 2.05) is 24.3 Å². The van der Waals surface area contributed by atoms with Gasteiger partial charge in [0, 0.05) is 30.5 Å². The topological polar surface area (TPSA) is 90.0 Å². The molecule has 154 valence electrons. The predicted octanol–water partition coefficient (Wildman–Crippen LogP) is 2.35. The van der Waals surface area contributed by atoms with Crippen molar-refractivity contribution in [3.8, 4) is 0 Å². The monoisotopic (exact) mass is 398 g/mol.